The van der Waals surface area contributed by atoms with Gasteiger partial charge in [-0.25, -0.2) is 18.1 Å². The molecule has 1 saturated carbocycles. The first kappa shape index (κ1) is 19.6. The third-order valence-corrected chi connectivity index (χ3v) is 5.46. The molecule has 0 amide bonds. The lowest BCUT2D eigenvalue weighted by atomic mass is 10.1. The largest absolute Gasteiger partial charge is 0.434 e. The number of nitrogens with zero attached hydrogens (tertiary/aromatic N) is 3. The molecule has 5 nitrogen and oxygen atoms in total. The highest BCUT2D eigenvalue weighted by molar-refractivity contribution is 6.30. The van der Waals surface area contributed by atoms with E-state index in [1.165, 1.54) is 12.1 Å². The monoisotopic (exact) mass is 439 g/mol. The molecule has 0 unspecified atom stereocenters. The molecular weight excluding hydrogens is 424 g/mol. The molecule has 0 N–H and O–H groups in total. The smallest absolute Gasteiger partial charge is 0.353 e. The summed E-state index contributed by atoms with van der Waals surface area (Å²) in [5.41, 5.74) is 1.45. The first-order chi connectivity index (χ1) is 14.9. The fourth-order valence-corrected chi connectivity index (χ4v) is 3.56. The maximum Gasteiger partial charge on any atom is 0.353 e. The summed E-state index contributed by atoms with van der Waals surface area (Å²) in [5.74, 6) is -0.920. The van der Waals surface area contributed by atoms with Crippen molar-refractivity contribution in [1.29, 1.82) is 0 Å². The average Bonchev–Trinajstić information content (AvgIpc) is 3.49. The summed E-state index contributed by atoms with van der Waals surface area (Å²) in [6, 6.07) is 11.5. The standard InChI is InChI=1S/C23H16ClF2N3O2/c1-12-3-2-4-15(9-12)22-28-21(20(31-22)14-7-8-16(24)17(25)10-14)29-11-18(26)19(13-5-6-13)27-23(29)30/h2-4,7-11,13H,5-6H2,1H3. The van der Waals surface area contributed by atoms with Crippen LogP contribution in [0, 0.1) is 18.6 Å². The number of benzene rings is 2. The van der Waals surface area contributed by atoms with Crippen LogP contribution < -0.4 is 5.69 Å². The molecule has 2 heterocycles. The SMILES string of the molecule is Cc1cccc(-c2nc(-n3cc(F)c(C4CC4)nc3=O)c(-c3ccc(Cl)c(F)c3)o2)c1. The highest BCUT2D eigenvalue weighted by Crippen LogP contribution is 2.40. The summed E-state index contributed by atoms with van der Waals surface area (Å²) in [5, 5.41) is -0.0533. The topological polar surface area (TPSA) is 60.9 Å². The van der Waals surface area contributed by atoms with Crippen LogP contribution in [0.4, 0.5) is 8.78 Å². The lowest BCUT2D eigenvalue weighted by Crippen LogP contribution is -2.24. The Balaban J connectivity index is 1.73. The van der Waals surface area contributed by atoms with Crippen LogP contribution in [0.1, 0.15) is 30.0 Å². The van der Waals surface area contributed by atoms with Gasteiger partial charge in [-0.05, 0) is 50.1 Å². The first-order valence-electron chi connectivity index (χ1n) is 9.73. The van der Waals surface area contributed by atoms with Crippen molar-refractivity contribution in [3.05, 3.63) is 87.1 Å². The minimum atomic E-state index is -0.678. The van der Waals surface area contributed by atoms with Crippen molar-refractivity contribution in [2.24, 2.45) is 0 Å². The van der Waals surface area contributed by atoms with Gasteiger partial charge in [-0.2, -0.15) is 9.97 Å². The Morgan fingerprint density at radius 3 is 2.58 bits per heavy atom. The van der Waals surface area contributed by atoms with E-state index in [0.29, 0.717) is 11.1 Å². The van der Waals surface area contributed by atoms with Gasteiger partial charge in [-0.3, -0.25) is 0 Å². The quantitative estimate of drug-likeness (QED) is 0.411. The van der Waals surface area contributed by atoms with Crippen LogP contribution in [0.25, 0.3) is 28.6 Å². The molecule has 0 saturated heterocycles. The van der Waals surface area contributed by atoms with Gasteiger partial charge in [0.15, 0.2) is 17.4 Å². The van der Waals surface area contributed by atoms with Crippen LogP contribution in [-0.4, -0.2) is 14.5 Å². The number of aryl methyl sites for hydroxylation is 1. The van der Waals surface area contributed by atoms with Crippen molar-refractivity contribution in [1.82, 2.24) is 14.5 Å². The predicted molar refractivity (Wildman–Crippen MR) is 112 cm³/mol. The molecule has 0 spiro atoms. The molecule has 0 atom stereocenters. The minimum absolute atomic E-state index is 0.0210. The number of halogens is 3. The molecule has 1 aliphatic rings. The first-order valence-corrected chi connectivity index (χ1v) is 10.1. The molecule has 156 valence electrons. The fraction of sp³-hybridized carbons (Fsp3) is 0.174. The minimum Gasteiger partial charge on any atom is -0.434 e. The molecule has 0 aliphatic heterocycles. The van der Waals surface area contributed by atoms with E-state index in [4.69, 9.17) is 16.0 Å². The Hall–Kier alpha value is -3.32. The van der Waals surface area contributed by atoms with E-state index in [-0.39, 0.29) is 34.1 Å². The second-order valence-corrected chi connectivity index (χ2v) is 7.98. The van der Waals surface area contributed by atoms with Gasteiger partial charge in [0.2, 0.25) is 5.89 Å². The van der Waals surface area contributed by atoms with E-state index >= 15 is 0 Å². The van der Waals surface area contributed by atoms with E-state index in [9.17, 15) is 13.6 Å². The fourth-order valence-electron chi connectivity index (χ4n) is 3.44. The second kappa shape index (κ2) is 7.42. The third-order valence-electron chi connectivity index (χ3n) is 5.16. The van der Waals surface area contributed by atoms with Crippen molar-refractivity contribution >= 4 is 11.6 Å². The number of rotatable bonds is 4. The van der Waals surface area contributed by atoms with Gasteiger partial charge in [0.05, 0.1) is 16.9 Å². The maximum atomic E-state index is 14.7. The average molecular weight is 440 g/mol. The number of hydrogen-bond donors (Lipinski definition) is 0. The van der Waals surface area contributed by atoms with Gasteiger partial charge in [-0.15, -0.1) is 0 Å². The summed E-state index contributed by atoms with van der Waals surface area (Å²) in [4.78, 5) is 21.1. The van der Waals surface area contributed by atoms with Crippen molar-refractivity contribution in [3.8, 4) is 28.6 Å². The van der Waals surface area contributed by atoms with Gasteiger partial charge in [0.25, 0.3) is 0 Å². The molecule has 2 aromatic carbocycles. The lowest BCUT2D eigenvalue weighted by molar-refractivity contribution is 0.574. The Bertz CT molecular complexity index is 1380. The molecule has 8 heteroatoms. The van der Waals surface area contributed by atoms with Crippen LogP contribution >= 0.6 is 11.6 Å². The second-order valence-electron chi connectivity index (χ2n) is 7.57. The zero-order valence-electron chi connectivity index (χ0n) is 16.4. The third kappa shape index (κ3) is 3.65. The van der Waals surface area contributed by atoms with E-state index in [1.54, 1.807) is 12.1 Å². The van der Waals surface area contributed by atoms with Crippen LogP contribution in [0.5, 0.6) is 0 Å². The molecule has 4 aromatic rings. The van der Waals surface area contributed by atoms with E-state index in [0.717, 1.165) is 29.2 Å². The highest BCUT2D eigenvalue weighted by atomic mass is 35.5. The normalized spacial score (nSPS) is 13.5. The molecule has 0 bridgehead atoms. The predicted octanol–water partition coefficient (Wildman–Crippen LogP) is 5.67. The summed E-state index contributed by atoms with van der Waals surface area (Å²) in [7, 11) is 0. The molecule has 1 fully saturated rings. The summed E-state index contributed by atoms with van der Waals surface area (Å²) in [6.07, 6.45) is 2.69. The summed E-state index contributed by atoms with van der Waals surface area (Å²) in [6.45, 7) is 1.92. The van der Waals surface area contributed by atoms with Gasteiger partial charge < -0.3 is 4.42 Å². The number of hydrogen-bond acceptors (Lipinski definition) is 4. The van der Waals surface area contributed by atoms with Gasteiger partial charge in [0, 0.05) is 17.0 Å². The highest BCUT2D eigenvalue weighted by Gasteiger charge is 2.30. The Morgan fingerprint density at radius 1 is 1.06 bits per heavy atom. The van der Waals surface area contributed by atoms with E-state index in [2.05, 4.69) is 9.97 Å². The van der Waals surface area contributed by atoms with E-state index < -0.39 is 17.3 Å². The molecular formula is C23H16ClF2N3O2. The van der Waals surface area contributed by atoms with Crippen molar-refractivity contribution in [2.45, 2.75) is 25.7 Å². The van der Waals surface area contributed by atoms with Crippen LogP contribution in [0.3, 0.4) is 0 Å². The molecule has 1 aliphatic carbocycles. The molecule has 2 aromatic heterocycles. The van der Waals surface area contributed by atoms with Gasteiger partial charge >= 0.3 is 5.69 Å². The van der Waals surface area contributed by atoms with Crippen LogP contribution in [-0.2, 0) is 0 Å². The Kier molecular flexibility index (Phi) is 4.70. The summed E-state index contributed by atoms with van der Waals surface area (Å²) >= 11 is 5.81. The lowest BCUT2D eigenvalue weighted by Gasteiger charge is -2.07. The van der Waals surface area contributed by atoms with Crippen LogP contribution in [0.15, 0.2) is 57.9 Å². The Labute approximate surface area is 181 Å². The van der Waals surface area contributed by atoms with Gasteiger partial charge in [0.1, 0.15) is 5.82 Å². The van der Waals surface area contributed by atoms with Gasteiger partial charge in [-0.1, -0.05) is 29.3 Å². The number of oxazole rings is 1. The Morgan fingerprint density at radius 2 is 1.87 bits per heavy atom. The molecule has 5 rings (SSSR count). The molecule has 31 heavy (non-hydrogen) atoms. The maximum absolute atomic E-state index is 14.7. The van der Waals surface area contributed by atoms with Crippen molar-refractivity contribution < 1.29 is 13.2 Å². The van der Waals surface area contributed by atoms with Crippen molar-refractivity contribution in [2.75, 3.05) is 0 Å². The zero-order chi connectivity index (χ0) is 21.7. The van der Waals surface area contributed by atoms with Crippen LogP contribution in [0.2, 0.25) is 5.02 Å². The molecule has 0 radical (unpaired) electrons. The number of aromatic nitrogens is 3. The van der Waals surface area contributed by atoms with Crippen molar-refractivity contribution in [3.63, 3.8) is 0 Å². The zero-order valence-corrected chi connectivity index (χ0v) is 17.2. The summed E-state index contributed by atoms with van der Waals surface area (Å²) < 4.78 is 35.8. The van der Waals surface area contributed by atoms with E-state index in [1.807, 2.05) is 25.1 Å².